The van der Waals surface area contributed by atoms with E-state index in [1.165, 1.54) is 0 Å². The highest BCUT2D eigenvalue weighted by atomic mass is 31.1. The van der Waals surface area contributed by atoms with Crippen LogP contribution < -0.4 is 4.52 Å². The quantitative estimate of drug-likeness (QED) is 0.456. The van der Waals surface area contributed by atoms with Gasteiger partial charge in [0.15, 0.2) is 0 Å². The van der Waals surface area contributed by atoms with Crippen molar-refractivity contribution in [2.24, 2.45) is 0 Å². The van der Waals surface area contributed by atoms with Gasteiger partial charge in [0, 0.05) is 0 Å². The number of carboxylic acids is 1. The Hall–Kier alpha value is -1.54. The standard InChI is InChI=1S/C9H9O4P/c10-6-8(9(11)12)14-13-7-4-2-1-3-5-7/h1-6,10,14H,(H,11,12). The van der Waals surface area contributed by atoms with E-state index in [0.717, 1.165) is 0 Å². The Bertz CT molecular complexity index is 334. The lowest BCUT2D eigenvalue weighted by atomic mass is 10.3. The fourth-order valence-electron chi connectivity index (χ4n) is 0.728. The molecule has 0 radical (unpaired) electrons. The topological polar surface area (TPSA) is 66.8 Å². The van der Waals surface area contributed by atoms with Crippen LogP contribution in [0, 0.1) is 0 Å². The van der Waals surface area contributed by atoms with Gasteiger partial charge >= 0.3 is 5.97 Å². The van der Waals surface area contributed by atoms with Crippen LogP contribution in [0.25, 0.3) is 0 Å². The minimum Gasteiger partial charge on any atom is -0.515 e. The van der Waals surface area contributed by atoms with Crippen LogP contribution in [-0.4, -0.2) is 16.2 Å². The molecule has 74 valence electrons. The number of para-hydroxylation sites is 1. The first-order valence-electron chi connectivity index (χ1n) is 3.79. The van der Waals surface area contributed by atoms with Crippen molar-refractivity contribution in [2.45, 2.75) is 0 Å². The number of benzene rings is 1. The lowest BCUT2D eigenvalue weighted by Crippen LogP contribution is -1.96. The van der Waals surface area contributed by atoms with E-state index < -0.39 is 14.8 Å². The van der Waals surface area contributed by atoms with Gasteiger partial charge < -0.3 is 14.7 Å². The van der Waals surface area contributed by atoms with Crippen LogP contribution in [0.4, 0.5) is 0 Å². The fourth-order valence-corrected chi connectivity index (χ4v) is 1.23. The van der Waals surface area contributed by atoms with Crippen LogP contribution in [0.2, 0.25) is 0 Å². The summed E-state index contributed by atoms with van der Waals surface area (Å²) in [5.41, 5.74) is 0. The molecule has 14 heavy (non-hydrogen) atoms. The van der Waals surface area contributed by atoms with E-state index in [1.807, 2.05) is 6.07 Å². The highest BCUT2D eigenvalue weighted by molar-refractivity contribution is 7.39. The van der Waals surface area contributed by atoms with Gasteiger partial charge in [0.25, 0.3) is 0 Å². The van der Waals surface area contributed by atoms with Crippen molar-refractivity contribution in [3.05, 3.63) is 41.9 Å². The maximum absolute atomic E-state index is 10.5. The molecule has 1 rings (SSSR count). The largest absolute Gasteiger partial charge is 0.515 e. The van der Waals surface area contributed by atoms with E-state index in [4.69, 9.17) is 14.7 Å². The fraction of sp³-hybridized carbons (Fsp3) is 0. The molecule has 2 N–H and O–H groups in total. The Balaban J connectivity index is 2.53. The summed E-state index contributed by atoms with van der Waals surface area (Å²) in [6.45, 7) is 0. The van der Waals surface area contributed by atoms with Crippen LogP contribution in [0.15, 0.2) is 41.9 Å². The summed E-state index contributed by atoms with van der Waals surface area (Å²) in [7, 11) is -0.407. The van der Waals surface area contributed by atoms with Crippen LogP contribution in [0.3, 0.4) is 0 Å². The molecular formula is C9H9O4P. The Morgan fingerprint density at radius 1 is 1.36 bits per heavy atom. The Morgan fingerprint density at radius 3 is 2.50 bits per heavy atom. The third-order valence-electron chi connectivity index (χ3n) is 1.38. The summed E-state index contributed by atoms with van der Waals surface area (Å²) < 4.78 is 5.14. The number of aliphatic hydroxyl groups is 1. The summed E-state index contributed by atoms with van der Waals surface area (Å²) in [5.74, 6) is -0.604. The molecule has 1 unspecified atom stereocenters. The van der Waals surface area contributed by atoms with Crippen molar-refractivity contribution in [3.63, 3.8) is 0 Å². The van der Waals surface area contributed by atoms with Crippen molar-refractivity contribution < 1.29 is 19.5 Å². The van der Waals surface area contributed by atoms with Gasteiger partial charge in [-0.15, -0.1) is 0 Å². The van der Waals surface area contributed by atoms with Crippen molar-refractivity contribution in [3.8, 4) is 5.75 Å². The predicted octanol–water partition coefficient (Wildman–Crippen LogP) is 2.14. The first kappa shape index (κ1) is 10.5. The molecule has 0 fully saturated rings. The second kappa shape index (κ2) is 5.25. The summed E-state index contributed by atoms with van der Waals surface area (Å²) in [4.78, 5) is 10.5. The first-order chi connectivity index (χ1) is 6.74. The van der Waals surface area contributed by atoms with Crippen LogP contribution in [0.5, 0.6) is 5.75 Å². The number of aliphatic carboxylic acids is 1. The molecule has 5 heteroatoms. The number of hydrogen-bond donors (Lipinski definition) is 2. The van der Waals surface area contributed by atoms with Gasteiger partial charge in [-0.1, -0.05) is 18.2 Å². The molecule has 0 amide bonds. The third kappa shape index (κ3) is 3.07. The molecule has 1 aromatic rings. The van der Waals surface area contributed by atoms with Crippen molar-refractivity contribution >= 4 is 14.8 Å². The van der Waals surface area contributed by atoms with Gasteiger partial charge in [-0.2, -0.15) is 0 Å². The molecule has 0 bridgehead atoms. The highest BCUT2D eigenvalue weighted by Gasteiger charge is 2.08. The molecular weight excluding hydrogens is 203 g/mol. The van der Waals surface area contributed by atoms with Crippen molar-refractivity contribution in [1.82, 2.24) is 0 Å². The number of carbonyl (C=O) groups is 1. The monoisotopic (exact) mass is 212 g/mol. The normalized spacial score (nSPS) is 11.9. The SMILES string of the molecule is O=C(O)C(=CO)POc1ccccc1. The summed E-state index contributed by atoms with van der Waals surface area (Å²) in [5, 5.41) is 16.9. The number of rotatable bonds is 4. The molecule has 0 heterocycles. The minimum atomic E-state index is -1.18. The van der Waals surface area contributed by atoms with Gasteiger partial charge in [0.1, 0.15) is 19.9 Å². The highest BCUT2D eigenvalue weighted by Crippen LogP contribution is 2.27. The molecule has 0 saturated heterocycles. The van der Waals surface area contributed by atoms with E-state index in [2.05, 4.69) is 0 Å². The average molecular weight is 212 g/mol. The molecule has 1 aromatic carbocycles. The lowest BCUT2D eigenvalue weighted by Gasteiger charge is -2.04. The Kier molecular flexibility index (Phi) is 3.95. The minimum absolute atomic E-state index is 0.158. The summed E-state index contributed by atoms with van der Waals surface area (Å²) in [6.07, 6.45) is 0.545. The zero-order valence-corrected chi connectivity index (χ0v) is 8.18. The van der Waals surface area contributed by atoms with E-state index in [1.54, 1.807) is 24.3 Å². The number of hydrogen-bond acceptors (Lipinski definition) is 3. The van der Waals surface area contributed by atoms with Crippen molar-refractivity contribution in [1.29, 1.82) is 0 Å². The maximum Gasteiger partial charge on any atom is 0.342 e. The zero-order chi connectivity index (χ0) is 10.4. The Morgan fingerprint density at radius 2 is 2.00 bits per heavy atom. The third-order valence-corrected chi connectivity index (χ3v) is 2.28. The van der Waals surface area contributed by atoms with Crippen LogP contribution in [0.1, 0.15) is 0 Å². The van der Waals surface area contributed by atoms with Crippen molar-refractivity contribution in [2.75, 3.05) is 0 Å². The molecule has 1 atom stereocenters. The van der Waals surface area contributed by atoms with Gasteiger partial charge in [0.2, 0.25) is 0 Å². The maximum atomic E-state index is 10.5. The van der Waals surface area contributed by atoms with Gasteiger partial charge in [-0.05, 0) is 12.1 Å². The molecule has 4 nitrogen and oxygen atoms in total. The molecule has 0 aliphatic heterocycles. The molecule has 0 aliphatic carbocycles. The van der Waals surface area contributed by atoms with Gasteiger partial charge in [-0.25, -0.2) is 4.79 Å². The van der Waals surface area contributed by atoms with Crippen LogP contribution >= 0.6 is 8.81 Å². The smallest absolute Gasteiger partial charge is 0.342 e. The molecule has 0 spiro atoms. The predicted molar refractivity (Wildman–Crippen MR) is 53.7 cm³/mol. The summed E-state index contributed by atoms with van der Waals surface area (Å²) in [6, 6.07) is 8.81. The van der Waals surface area contributed by atoms with Gasteiger partial charge in [-0.3, -0.25) is 0 Å². The van der Waals surface area contributed by atoms with E-state index in [-0.39, 0.29) is 5.31 Å². The van der Waals surface area contributed by atoms with Crippen LogP contribution in [-0.2, 0) is 4.79 Å². The average Bonchev–Trinajstić information content (AvgIpc) is 2.20. The van der Waals surface area contributed by atoms with E-state index in [9.17, 15) is 4.79 Å². The first-order valence-corrected chi connectivity index (χ1v) is 4.70. The molecule has 0 aliphatic rings. The lowest BCUT2D eigenvalue weighted by molar-refractivity contribution is -0.131. The zero-order valence-electron chi connectivity index (χ0n) is 7.18. The second-order valence-electron chi connectivity index (χ2n) is 2.37. The van der Waals surface area contributed by atoms with E-state index in [0.29, 0.717) is 12.0 Å². The number of aliphatic hydroxyl groups excluding tert-OH is 1. The van der Waals surface area contributed by atoms with E-state index >= 15 is 0 Å². The van der Waals surface area contributed by atoms with Gasteiger partial charge in [0.05, 0.1) is 6.26 Å². The second-order valence-corrected chi connectivity index (χ2v) is 3.31. The molecule has 0 aromatic heterocycles. The molecule has 0 saturated carbocycles. The Labute approximate surface area is 82.7 Å². The summed E-state index contributed by atoms with van der Waals surface area (Å²) >= 11 is 0. The number of carboxylic acid groups (broad SMARTS) is 1.